The smallest absolute Gasteiger partial charge is 0.339 e. The summed E-state index contributed by atoms with van der Waals surface area (Å²) in [7, 11) is 1.63. The maximum absolute atomic E-state index is 10.4. The van der Waals surface area contributed by atoms with Crippen molar-refractivity contribution in [3.8, 4) is 0 Å². The van der Waals surface area contributed by atoms with E-state index in [0.717, 1.165) is 0 Å². The predicted molar refractivity (Wildman–Crippen MR) is 29.6 cm³/mol. The Morgan fingerprint density at radius 2 is 2.56 bits per heavy atom. The first-order valence-corrected chi connectivity index (χ1v) is 2.45. The predicted octanol–water partition coefficient (Wildman–Crippen LogP) is -1.09. The molecule has 9 heavy (non-hydrogen) atoms. The van der Waals surface area contributed by atoms with Gasteiger partial charge in [-0.2, -0.15) is 5.48 Å². The summed E-state index contributed by atoms with van der Waals surface area (Å²) in [5.41, 5.74) is 2.14. The SMILES string of the molecule is CN1CC(=O)ONC1=N. The first kappa shape index (κ1) is 5.87. The average molecular weight is 129 g/mol. The third-order valence-corrected chi connectivity index (χ3v) is 1.01. The molecule has 0 aromatic rings. The molecule has 1 aliphatic rings. The molecule has 50 valence electrons. The zero-order valence-electron chi connectivity index (χ0n) is 4.97. The largest absolute Gasteiger partial charge is 0.351 e. The Balaban J connectivity index is 2.54. The summed E-state index contributed by atoms with van der Waals surface area (Å²) >= 11 is 0. The molecule has 0 atom stereocenters. The molecule has 0 aromatic carbocycles. The maximum Gasteiger partial charge on any atom is 0.351 e. The summed E-state index contributed by atoms with van der Waals surface area (Å²) < 4.78 is 0. The van der Waals surface area contributed by atoms with E-state index in [-0.39, 0.29) is 18.5 Å². The van der Waals surface area contributed by atoms with Gasteiger partial charge in [-0.05, 0) is 0 Å². The summed E-state index contributed by atoms with van der Waals surface area (Å²) in [6.45, 7) is 0.145. The molecule has 5 heteroatoms. The molecule has 1 aliphatic heterocycles. The van der Waals surface area contributed by atoms with Gasteiger partial charge in [0, 0.05) is 7.05 Å². The molecule has 0 spiro atoms. The van der Waals surface area contributed by atoms with Crippen molar-refractivity contribution >= 4 is 11.9 Å². The number of hydrogen-bond donors (Lipinski definition) is 2. The van der Waals surface area contributed by atoms with Gasteiger partial charge in [0.25, 0.3) is 0 Å². The highest BCUT2D eigenvalue weighted by molar-refractivity contribution is 5.85. The molecular weight excluding hydrogens is 122 g/mol. The summed E-state index contributed by atoms with van der Waals surface area (Å²) in [4.78, 5) is 16.2. The Hall–Kier alpha value is -1.26. The second kappa shape index (κ2) is 1.93. The molecule has 0 aliphatic carbocycles. The lowest BCUT2D eigenvalue weighted by Gasteiger charge is -2.23. The van der Waals surface area contributed by atoms with E-state index < -0.39 is 0 Å². The average Bonchev–Trinajstić information content (AvgIpc) is 1.80. The van der Waals surface area contributed by atoms with Crippen LogP contribution >= 0.6 is 0 Å². The van der Waals surface area contributed by atoms with Crippen LogP contribution in [0, 0.1) is 5.41 Å². The minimum Gasteiger partial charge on any atom is -0.339 e. The fraction of sp³-hybridized carbons (Fsp3) is 0.500. The van der Waals surface area contributed by atoms with Crippen molar-refractivity contribution in [1.82, 2.24) is 10.4 Å². The van der Waals surface area contributed by atoms with Crippen molar-refractivity contribution in [1.29, 1.82) is 5.41 Å². The molecule has 1 saturated heterocycles. The van der Waals surface area contributed by atoms with Gasteiger partial charge in [-0.3, -0.25) is 5.41 Å². The fourth-order valence-corrected chi connectivity index (χ4v) is 0.488. The van der Waals surface area contributed by atoms with Crippen LogP contribution in [0.1, 0.15) is 0 Å². The van der Waals surface area contributed by atoms with Crippen LogP contribution in [0.2, 0.25) is 0 Å². The van der Waals surface area contributed by atoms with Crippen LogP contribution in [-0.4, -0.2) is 30.4 Å². The van der Waals surface area contributed by atoms with Gasteiger partial charge in [0.2, 0.25) is 5.96 Å². The lowest BCUT2D eigenvalue weighted by Crippen LogP contribution is -2.48. The van der Waals surface area contributed by atoms with E-state index in [1.54, 1.807) is 7.05 Å². The second-order valence-electron chi connectivity index (χ2n) is 1.78. The zero-order valence-corrected chi connectivity index (χ0v) is 4.97. The highest BCUT2D eigenvalue weighted by Crippen LogP contribution is 1.90. The zero-order chi connectivity index (χ0) is 6.85. The molecule has 0 amide bonds. The molecular formula is C4H7N3O2. The van der Waals surface area contributed by atoms with Crippen molar-refractivity contribution in [3.05, 3.63) is 0 Å². The number of guanidine groups is 1. The number of nitrogens with zero attached hydrogens (tertiary/aromatic N) is 1. The molecule has 1 fully saturated rings. The molecule has 2 N–H and O–H groups in total. The van der Waals surface area contributed by atoms with E-state index in [1.807, 2.05) is 0 Å². The van der Waals surface area contributed by atoms with Crippen LogP contribution in [0.4, 0.5) is 0 Å². The number of carbonyl (C=O) groups excluding carboxylic acids is 1. The van der Waals surface area contributed by atoms with Crippen molar-refractivity contribution in [2.75, 3.05) is 13.6 Å². The van der Waals surface area contributed by atoms with Gasteiger partial charge in [-0.15, -0.1) is 0 Å². The first-order valence-electron chi connectivity index (χ1n) is 2.45. The maximum atomic E-state index is 10.4. The minimum atomic E-state index is -0.367. The highest BCUT2D eigenvalue weighted by Gasteiger charge is 2.17. The van der Waals surface area contributed by atoms with E-state index in [0.29, 0.717) is 0 Å². The molecule has 0 unspecified atom stereocenters. The van der Waals surface area contributed by atoms with Gasteiger partial charge in [-0.25, -0.2) is 4.79 Å². The monoisotopic (exact) mass is 129 g/mol. The van der Waals surface area contributed by atoms with Crippen LogP contribution in [0.15, 0.2) is 0 Å². The van der Waals surface area contributed by atoms with Crippen molar-refractivity contribution in [3.63, 3.8) is 0 Å². The number of hydroxylamine groups is 1. The summed E-state index contributed by atoms with van der Waals surface area (Å²) in [6, 6.07) is 0. The molecule has 1 rings (SSSR count). The lowest BCUT2D eigenvalue weighted by molar-refractivity contribution is -0.151. The number of hydrogen-bond acceptors (Lipinski definition) is 3. The molecule has 0 radical (unpaired) electrons. The van der Waals surface area contributed by atoms with Crippen molar-refractivity contribution < 1.29 is 9.63 Å². The summed E-state index contributed by atoms with van der Waals surface area (Å²) in [5, 5.41) is 7.02. The van der Waals surface area contributed by atoms with Gasteiger partial charge in [0.15, 0.2) is 0 Å². The van der Waals surface area contributed by atoms with Crippen LogP contribution in [0.5, 0.6) is 0 Å². The lowest BCUT2D eigenvalue weighted by atomic mass is 10.5. The Labute approximate surface area is 52.1 Å². The third-order valence-electron chi connectivity index (χ3n) is 1.01. The molecule has 0 aromatic heterocycles. The van der Waals surface area contributed by atoms with Gasteiger partial charge in [0.1, 0.15) is 6.54 Å². The normalized spacial score (nSPS) is 19.0. The standard InChI is InChI=1S/C4H7N3O2/c1-7-2-3(8)9-6-4(7)5/h2H2,1H3,(H2,5,6). The Bertz CT molecular complexity index is 156. The molecule has 5 nitrogen and oxygen atoms in total. The van der Waals surface area contributed by atoms with Gasteiger partial charge in [0.05, 0.1) is 0 Å². The van der Waals surface area contributed by atoms with E-state index in [1.165, 1.54) is 4.90 Å². The van der Waals surface area contributed by atoms with Crippen LogP contribution < -0.4 is 5.48 Å². The van der Waals surface area contributed by atoms with Gasteiger partial charge >= 0.3 is 5.97 Å². The molecule has 1 heterocycles. The van der Waals surface area contributed by atoms with Crippen LogP contribution in [0.25, 0.3) is 0 Å². The Kier molecular flexibility index (Phi) is 1.26. The Morgan fingerprint density at radius 3 is 3.00 bits per heavy atom. The Morgan fingerprint density at radius 1 is 1.89 bits per heavy atom. The third kappa shape index (κ3) is 1.10. The highest BCUT2D eigenvalue weighted by atomic mass is 16.7. The van der Waals surface area contributed by atoms with Gasteiger partial charge < -0.3 is 9.74 Å². The summed E-state index contributed by atoms with van der Waals surface area (Å²) in [5.74, 6) is -0.261. The van der Waals surface area contributed by atoms with Crippen molar-refractivity contribution in [2.24, 2.45) is 0 Å². The summed E-state index contributed by atoms with van der Waals surface area (Å²) in [6.07, 6.45) is 0. The minimum absolute atomic E-state index is 0.106. The van der Waals surface area contributed by atoms with E-state index in [2.05, 4.69) is 10.3 Å². The van der Waals surface area contributed by atoms with E-state index >= 15 is 0 Å². The van der Waals surface area contributed by atoms with Crippen LogP contribution in [-0.2, 0) is 9.63 Å². The van der Waals surface area contributed by atoms with Gasteiger partial charge in [-0.1, -0.05) is 0 Å². The van der Waals surface area contributed by atoms with Crippen LogP contribution in [0.3, 0.4) is 0 Å². The van der Waals surface area contributed by atoms with E-state index in [4.69, 9.17) is 5.41 Å². The fourth-order valence-electron chi connectivity index (χ4n) is 0.488. The second-order valence-corrected chi connectivity index (χ2v) is 1.78. The topological polar surface area (TPSA) is 65.4 Å². The first-order chi connectivity index (χ1) is 4.20. The number of nitrogens with one attached hydrogen (secondary N) is 2. The number of rotatable bonds is 0. The van der Waals surface area contributed by atoms with Crippen molar-refractivity contribution in [2.45, 2.75) is 0 Å². The molecule has 0 saturated carbocycles. The molecule has 0 bridgehead atoms. The quantitative estimate of drug-likeness (QED) is 0.436. The van der Waals surface area contributed by atoms with E-state index in [9.17, 15) is 4.79 Å². The number of carbonyl (C=O) groups is 1. The number of likely N-dealkylation sites (N-methyl/N-ethyl adjacent to an activating group) is 1.